The molecule has 104 valence electrons. The van der Waals surface area contributed by atoms with Crippen LogP contribution in [0.3, 0.4) is 0 Å². The fourth-order valence-electron chi connectivity index (χ4n) is 2.64. The van der Waals surface area contributed by atoms with E-state index in [1.807, 2.05) is 20.0 Å². The Labute approximate surface area is 113 Å². The molecular formula is C14H21N3O2. The topological polar surface area (TPSA) is 72.4 Å². The second kappa shape index (κ2) is 5.67. The number of nitro benzene ring substituents is 1. The van der Waals surface area contributed by atoms with Crippen LogP contribution in [-0.2, 0) is 6.54 Å². The van der Waals surface area contributed by atoms with E-state index < -0.39 is 0 Å². The van der Waals surface area contributed by atoms with Gasteiger partial charge in [0.25, 0.3) is 5.69 Å². The Morgan fingerprint density at radius 2 is 2.21 bits per heavy atom. The van der Waals surface area contributed by atoms with E-state index in [0.717, 1.165) is 11.1 Å². The Morgan fingerprint density at radius 3 is 2.74 bits per heavy atom. The molecule has 2 rings (SSSR count). The SMILES string of the molecule is Cc1c(CN(C)C(CN)C2CC2)cccc1[N+](=O)[O-]. The van der Waals surface area contributed by atoms with Crippen molar-refractivity contribution in [3.8, 4) is 0 Å². The smallest absolute Gasteiger partial charge is 0.272 e. The van der Waals surface area contributed by atoms with Gasteiger partial charge in [-0.05, 0) is 38.3 Å². The molecule has 0 heterocycles. The van der Waals surface area contributed by atoms with E-state index in [9.17, 15) is 10.1 Å². The van der Waals surface area contributed by atoms with Crippen molar-refractivity contribution >= 4 is 5.69 Å². The molecule has 0 amide bonds. The lowest BCUT2D eigenvalue weighted by molar-refractivity contribution is -0.385. The molecular weight excluding hydrogens is 242 g/mol. The van der Waals surface area contributed by atoms with Gasteiger partial charge in [-0.1, -0.05) is 12.1 Å². The van der Waals surface area contributed by atoms with Crippen molar-refractivity contribution in [3.63, 3.8) is 0 Å². The van der Waals surface area contributed by atoms with Crippen LogP contribution in [0.4, 0.5) is 5.69 Å². The zero-order chi connectivity index (χ0) is 14.0. The third-order valence-electron chi connectivity index (χ3n) is 4.01. The van der Waals surface area contributed by atoms with Gasteiger partial charge >= 0.3 is 0 Å². The molecule has 0 spiro atoms. The molecule has 2 N–H and O–H groups in total. The number of likely N-dealkylation sites (N-methyl/N-ethyl adjacent to an activating group) is 1. The van der Waals surface area contributed by atoms with Gasteiger partial charge in [0.2, 0.25) is 0 Å². The molecule has 1 aromatic carbocycles. The Hall–Kier alpha value is -1.46. The van der Waals surface area contributed by atoms with E-state index in [2.05, 4.69) is 4.90 Å². The Balaban J connectivity index is 2.14. The van der Waals surface area contributed by atoms with Gasteiger partial charge in [0.1, 0.15) is 0 Å². The highest BCUT2D eigenvalue weighted by atomic mass is 16.6. The van der Waals surface area contributed by atoms with Crippen molar-refractivity contribution in [2.24, 2.45) is 11.7 Å². The number of nitro groups is 1. The Bertz CT molecular complexity index is 472. The summed E-state index contributed by atoms with van der Waals surface area (Å²) in [6.07, 6.45) is 2.50. The zero-order valence-corrected chi connectivity index (χ0v) is 11.5. The summed E-state index contributed by atoms with van der Waals surface area (Å²) in [6.45, 7) is 3.18. The first-order valence-electron chi connectivity index (χ1n) is 6.67. The van der Waals surface area contributed by atoms with Gasteiger partial charge in [0.15, 0.2) is 0 Å². The molecule has 19 heavy (non-hydrogen) atoms. The lowest BCUT2D eigenvalue weighted by atomic mass is 10.0. The molecule has 0 bridgehead atoms. The molecule has 5 heteroatoms. The average molecular weight is 263 g/mol. The van der Waals surface area contributed by atoms with Crippen LogP contribution < -0.4 is 5.73 Å². The second-order valence-electron chi connectivity index (χ2n) is 5.37. The Kier molecular flexibility index (Phi) is 4.17. The van der Waals surface area contributed by atoms with Crippen LogP contribution in [-0.4, -0.2) is 29.5 Å². The summed E-state index contributed by atoms with van der Waals surface area (Å²) in [6, 6.07) is 5.65. The molecule has 0 saturated heterocycles. The summed E-state index contributed by atoms with van der Waals surface area (Å²) in [5, 5.41) is 10.9. The largest absolute Gasteiger partial charge is 0.329 e. The van der Waals surface area contributed by atoms with E-state index >= 15 is 0 Å². The number of nitrogens with two attached hydrogens (primary N) is 1. The third-order valence-corrected chi connectivity index (χ3v) is 4.01. The van der Waals surface area contributed by atoms with Gasteiger partial charge in [-0.25, -0.2) is 0 Å². The number of hydrogen-bond donors (Lipinski definition) is 1. The van der Waals surface area contributed by atoms with Crippen molar-refractivity contribution in [1.82, 2.24) is 4.90 Å². The predicted octanol–water partition coefficient (Wildman–Crippen LogP) is 2.07. The second-order valence-corrected chi connectivity index (χ2v) is 5.37. The number of nitrogens with zero attached hydrogens (tertiary/aromatic N) is 2. The molecule has 1 atom stereocenters. The summed E-state index contributed by atoms with van der Waals surface area (Å²) in [5.41, 5.74) is 7.80. The molecule has 1 saturated carbocycles. The zero-order valence-electron chi connectivity index (χ0n) is 11.5. The van der Waals surface area contributed by atoms with E-state index in [1.165, 1.54) is 12.8 Å². The summed E-state index contributed by atoms with van der Waals surface area (Å²) >= 11 is 0. The maximum absolute atomic E-state index is 10.9. The van der Waals surface area contributed by atoms with Crippen LogP contribution in [0.15, 0.2) is 18.2 Å². The first-order valence-corrected chi connectivity index (χ1v) is 6.67. The standard InChI is InChI=1S/C14H21N3O2/c1-10-12(4-3-5-13(10)17(18)19)9-16(2)14(8-15)11-6-7-11/h3-5,11,14H,6-9,15H2,1-2H3. The fraction of sp³-hybridized carbons (Fsp3) is 0.571. The van der Waals surface area contributed by atoms with Gasteiger partial charge in [0.05, 0.1) is 4.92 Å². The highest BCUT2D eigenvalue weighted by Gasteiger charge is 2.33. The molecule has 0 radical (unpaired) electrons. The molecule has 0 aromatic heterocycles. The molecule has 1 fully saturated rings. The van der Waals surface area contributed by atoms with Gasteiger partial charge < -0.3 is 5.73 Å². The summed E-state index contributed by atoms with van der Waals surface area (Å²) in [7, 11) is 2.05. The highest BCUT2D eigenvalue weighted by molar-refractivity contribution is 5.44. The third kappa shape index (κ3) is 3.11. The molecule has 0 aliphatic heterocycles. The van der Waals surface area contributed by atoms with Crippen LogP contribution >= 0.6 is 0 Å². The molecule has 5 nitrogen and oxygen atoms in total. The van der Waals surface area contributed by atoms with Gasteiger partial charge in [0, 0.05) is 30.8 Å². The van der Waals surface area contributed by atoms with Crippen molar-refractivity contribution in [3.05, 3.63) is 39.4 Å². The number of rotatable bonds is 6. The normalized spacial score (nSPS) is 16.6. The minimum absolute atomic E-state index is 0.196. The summed E-state index contributed by atoms with van der Waals surface area (Å²) < 4.78 is 0. The number of benzene rings is 1. The quantitative estimate of drug-likeness (QED) is 0.630. The van der Waals surface area contributed by atoms with Crippen LogP contribution in [0, 0.1) is 23.0 Å². The number of hydrogen-bond acceptors (Lipinski definition) is 4. The maximum Gasteiger partial charge on any atom is 0.272 e. The van der Waals surface area contributed by atoms with E-state index in [1.54, 1.807) is 12.1 Å². The van der Waals surface area contributed by atoms with Crippen LogP contribution in [0.1, 0.15) is 24.0 Å². The van der Waals surface area contributed by atoms with Gasteiger partial charge in [-0.3, -0.25) is 15.0 Å². The van der Waals surface area contributed by atoms with Crippen molar-refractivity contribution in [2.45, 2.75) is 32.4 Å². The lowest BCUT2D eigenvalue weighted by Crippen LogP contribution is -2.39. The van der Waals surface area contributed by atoms with Gasteiger partial charge in [-0.15, -0.1) is 0 Å². The molecule has 1 aliphatic rings. The first-order chi connectivity index (χ1) is 9.04. The molecule has 1 aromatic rings. The monoisotopic (exact) mass is 263 g/mol. The van der Waals surface area contributed by atoms with E-state index in [4.69, 9.17) is 5.73 Å². The maximum atomic E-state index is 10.9. The van der Waals surface area contributed by atoms with Crippen LogP contribution in [0.25, 0.3) is 0 Å². The van der Waals surface area contributed by atoms with Crippen LogP contribution in [0.2, 0.25) is 0 Å². The lowest BCUT2D eigenvalue weighted by Gasteiger charge is -2.27. The van der Waals surface area contributed by atoms with Crippen molar-refractivity contribution in [2.75, 3.05) is 13.6 Å². The van der Waals surface area contributed by atoms with E-state index in [0.29, 0.717) is 25.0 Å². The minimum atomic E-state index is -0.319. The van der Waals surface area contributed by atoms with E-state index in [-0.39, 0.29) is 10.6 Å². The fourth-order valence-corrected chi connectivity index (χ4v) is 2.64. The van der Waals surface area contributed by atoms with Crippen LogP contribution in [0.5, 0.6) is 0 Å². The van der Waals surface area contributed by atoms with Crippen molar-refractivity contribution < 1.29 is 4.92 Å². The minimum Gasteiger partial charge on any atom is -0.329 e. The predicted molar refractivity (Wildman–Crippen MR) is 74.9 cm³/mol. The van der Waals surface area contributed by atoms with Crippen molar-refractivity contribution in [1.29, 1.82) is 0 Å². The highest BCUT2D eigenvalue weighted by Crippen LogP contribution is 2.35. The molecule has 1 unspecified atom stereocenters. The summed E-state index contributed by atoms with van der Waals surface area (Å²) in [4.78, 5) is 12.8. The Morgan fingerprint density at radius 1 is 1.53 bits per heavy atom. The summed E-state index contributed by atoms with van der Waals surface area (Å²) in [5.74, 6) is 0.703. The first kappa shape index (κ1) is 14.0. The van der Waals surface area contributed by atoms with Gasteiger partial charge in [-0.2, -0.15) is 0 Å². The molecule has 1 aliphatic carbocycles. The average Bonchev–Trinajstić information content (AvgIpc) is 3.17.